The standard InChI is InChI=1S/C9H14ClN3O2S/c1-5-6(8(10)13(2)12-5)3-16-4-7(11)9(14)15/h7H,3-4,11H2,1-2H3,(H,14,15)/t7-/m1/s1. The van der Waals surface area contributed by atoms with E-state index in [0.717, 1.165) is 11.3 Å². The lowest BCUT2D eigenvalue weighted by Gasteiger charge is -2.05. The van der Waals surface area contributed by atoms with E-state index in [1.165, 1.54) is 11.8 Å². The molecule has 1 aromatic rings. The summed E-state index contributed by atoms with van der Waals surface area (Å²) in [6.45, 7) is 1.87. The lowest BCUT2D eigenvalue weighted by Crippen LogP contribution is -2.32. The molecule has 0 spiro atoms. The molecule has 0 aliphatic rings. The average molecular weight is 264 g/mol. The van der Waals surface area contributed by atoms with Crippen LogP contribution >= 0.6 is 23.4 Å². The Balaban J connectivity index is 2.52. The number of aromatic nitrogens is 2. The maximum atomic E-state index is 10.5. The molecular formula is C9H14ClN3O2S. The van der Waals surface area contributed by atoms with Crippen LogP contribution in [-0.2, 0) is 17.6 Å². The van der Waals surface area contributed by atoms with Gasteiger partial charge in [-0.05, 0) is 6.92 Å². The van der Waals surface area contributed by atoms with Crippen LogP contribution < -0.4 is 5.73 Å². The summed E-state index contributed by atoms with van der Waals surface area (Å²) in [5.41, 5.74) is 7.19. The lowest BCUT2D eigenvalue weighted by molar-refractivity contribution is -0.137. The summed E-state index contributed by atoms with van der Waals surface area (Å²) in [7, 11) is 1.77. The van der Waals surface area contributed by atoms with Crippen LogP contribution in [0.15, 0.2) is 0 Å². The Bertz CT molecular complexity index is 394. The molecule has 0 radical (unpaired) electrons. The molecule has 0 saturated carbocycles. The molecule has 1 aromatic heterocycles. The van der Waals surface area contributed by atoms with Crippen molar-refractivity contribution in [1.82, 2.24) is 9.78 Å². The number of rotatable bonds is 5. The van der Waals surface area contributed by atoms with Crippen LogP contribution in [-0.4, -0.2) is 32.7 Å². The lowest BCUT2D eigenvalue weighted by atomic mass is 10.3. The first-order valence-corrected chi connectivity index (χ1v) is 6.20. The predicted octanol–water partition coefficient (Wildman–Crippen LogP) is 1.03. The Labute approximate surface area is 103 Å². The quantitative estimate of drug-likeness (QED) is 0.829. The minimum atomic E-state index is -0.985. The molecule has 90 valence electrons. The number of thioether (sulfide) groups is 1. The smallest absolute Gasteiger partial charge is 0.321 e. The molecule has 0 aliphatic heterocycles. The van der Waals surface area contributed by atoms with E-state index in [1.54, 1.807) is 11.7 Å². The van der Waals surface area contributed by atoms with E-state index in [0.29, 0.717) is 16.7 Å². The molecule has 1 rings (SSSR count). The molecule has 0 saturated heterocycles. The third kappa shape index (κ3) is 3.13. The molecule has 0 fully saturated rings. The van der Waals surface area contributed by atoms with E-state index in [1.807, 2.05) is 6.92 Å². The average Bonchev–Trinajstić information content (AvgIpc) is 2.44. The highest BCUT2D eigenvalue weighted by molar-refractivity contribution is 7.98. The summed E-state index contributed by atoms with van der Waals surface area (Å²) in [5, 5.41) is 13.4. The Morgan fingerprint density at radius 2 is 2.38 bits per heavy atom. The highest BCUT2D eigenvalue weighted by Crippen LogP contribution is 2.23. The first kappa shape index (κ1) is 13.3. The Morgan fingerprint density at radius 3 is 2.81 bits per heavy atom. The van der Waals surface area contributed by atoms with Gasteiger partial charge in [-0.15, -0.1) is 0 Å². The van der Waals surface area contributed by atoms with Crippen molar-refractivity contribution in [2.75, 3.05) is 5.75 Å². The minimum absolute atomic E-state index is 0.361. The van der Waals surface area contributed by atoms with Gasteiger partial charge in [0.2, 0.25) is 0 Å². The fourth-order valence-electron chi connectivity index (χ4n) is 1.20. The number of carbonyl (C=O) groups is 1. The molecule has 1 atom stereocenters. The fraction of sp³-hybridized carbons (Fsp3) is 0.556. The van der Waals surface area contributed by atoms with E-state index < -0.39 is 12.0 Å². The van der Waals surface area contributed by atoms with Gasteiger partial charge in [0.05, 0.1) is 5.69 Å². The molecule has 0 unspecified atom stereocenters. The zero-order valence-electron chi connectivity index (χ0n) is 9.11. The Hall–Kier alpha value is -0.720. The molecule has 3 N–H and O–H groups in total. The maximum Gasteiger partial charge on any atom is 0.321 e. The monoisotopic (exact) mass is 263 g/mol. The van der Waals surface area contributed by atoms with Crippen molar-refractivity contribution in [2.24, 2.45) is 12.8 Å². The molecule has 0 amide bonds. The third-order valence-corrected chi connectivity index (χ3v) is 3.69. The zero-order valence-corrected chi connectivity index (χ0v) is 10.7. The van der Waals surface area contributed by atoms with Crippen LogP contribution in [0.4, 0.5) is 0 Å². The van der Waals surface area contributed by atoms with Crippen molar-refractivity contribution in [1.29, 1.82) is 0 Å². The van der Waals surface area contributed by atoms with E-state index >= 15 is 0 Å². The van der Waals surface area contributed by atoms with Crippen LogP contribution in [0.1, 0.15) is 11.3 Å². The van der Waals surface area contributed by atoms with Gasteiger partial charge in [-0.2, -0.15) is 16.9 Å². The number of halogens is 1. The molecular weight excluding hydrogens is 250 g/mol. The maximum absolute atomic E-state index is 10.5. The summed E-state index contributed by atoms with van der Waals surface area (Å²) in [4.78, 5) is 10.5. The van der Waals surface area contributed by atoms with Gasteiger partial charge in [0.15, 0.2) is 0 Å². The van der Waals surface area contributed by atoms with Crippen LogP contribution in [0.3, 0.4) is 0 Å². The van der Waals surface area contributed by atoms with Crippen molar-refractivity contribution < 1.29 is 9.90 Å². The van der Waals surface area contributed by atoms with Crippen molar-refractivity contribution in [3.05, 3.63) is 16.4 Å². The second-order valence-electron chi connectivity index (χ2n) is 3.44. The first-order chi connectivity index (χ1) is 7.43. The van der Waals surface area contributed by atoms with Gasteiger partial charge in [-0.3, -0.25) is 9.48 Å². The second-order valence-corrected chi connectivity index (χ2v) is 4.83. The topological polar surface area (TPSA) is 81.1 Å². The SMILES string of the molecule is Cc1nn(C)c(Cl)c1CSC[C@@H](N)C(=O)O. The van der Waals surface area contributed by atoms with Crippen LogP contribution in [0, 0.1) is 6.92 Å². The largest absolute Gasteiger partial charge is 0.480 e. The number of hydrogen-bond donors (Lipinski definition) is 2. The molecule has 0 aliphatic carbocycles. The number of nitrogens with zero attached hydrogens (tertiary/aromatic N) is 2. The third-order valence-electron chi connectivity index (χ3n) is 2.13. The normalized spacial score (nSPS) is 12.8. The van der Waals surface area contributed by atoms with Crippen LogP contribution in [0.2, 0.25) is 5.15 Å². The number of aryl methyl sites for hydroxylation is 2. The van der Waals surface area contributed by atoms with Crippen molar-refractivity contribution in [3.8, 4) is 0 Å². The molecule has 1 heterocycles. The van der Waals surface area contributed by atoms with Crippen LogP contribution in [0.5, 0.6) is 0 Å². The van der Waals surface area contributed by atoms with Gasteiger partial charge in [0.1, 0.15) is 11.2 Å². The van der Waals surface area contributed by atoms with E-state index in [-0.39, 0.29) is 0 Å². The highest BCUT2D eigenvalue weighted by Gasteiger charge is 2.14. The van der Waals surface area contributed by atoms with Gasteiger partial charge >= 0.3 is 5.97 Å². The van der Waals surface area contributed by atoms with Crippen molar-refractivity contribution in [3.63, 3.8) is 0 Å². The second kappa shape index (κ2) is 5.56. The molecule has 16 heavy (non-hydrogen) atoms. The zero-order chi connectivity index (χ0) is 12.3. The molecule has 0 bridgehead atoms. The summed E-state index contributed by atoms with van der Waals surface area (Å²) >= 11 is 7.47. The molecule has 0 aromatic carbocycles. The van der Waals surface area contributed by atoms with Gasteiger partial charge in [0, 0.05) is 24.1 Å². The van der Waals surface area contributed by atoms with E-state index in [2.05, 4.69) is 5.10 Å². The number of hydrogen-bond acceptors (Lipinski definition) is 4. The summed E-state index contributed by atoms with van der Waals surface area (Å²) < 4.78 is 1.60. The van der Waals surface area contributed by atoms with Gasteiger partial charge in [-0.1, -0.05) is 11.6 Å². The fourth-order valence-corrected chi connectivity index (χ4v) is 2.58. The minimum Gasteiger partial charge on any atom is -0.480 e. The number of aliphatic carboxylic acids is 1. The van der Waals surface area contributed by atoms with Crippen molar-refractivity contribution in [2.45, 2.75) is 18.7 Å². The van der Waals surface area contributed by atoms with Crippen molar-refractivity contribution >= 4 is 29.3 Å². The molecule has 7 heteroatoms. The number of nitrogens with two attached hydrogens (primary N) is 1. The Kier molecular flexibility index (Phi) is 4.64. The summed E-state index contributed by atoms with van der Waals surface area (Å²) in [6.07, 6.45) is 0. The molecule has 5 nitrogen and oxygen atoms in total. The first-order valence-electron chi connectivity index (χ1n) is 4.67. The predicted molar refractivity (Wildman–Crippen MR) is 64.7 cm³/mol. The van der Waals surface area contributed by atoms with E-state index in [4.69, 9.17) is 22.4 Å². The summed E-state index contributed by atoms with van der Waals surface area (Å²) in [6, 6.07) is -0.833. The van der Waals surface area contributed by atoms with Gasteiger partial charge < -0.3 is 10.8 Å². The Morgan fingerprint density at radius 1 is 1.75 bits per heavy atom. The highest BCUT2D eigenvalue weighted by atomic mass is 35.5. The summed E-state index contributed by atoms with van der Waals surface area (Å²) in [5.74, 6) is 0.000881. The van der Waals surface area contributed by atoms with Crippen LogP contribution in [0.25, 0.3) is 0 Å². The van der Waals surface area contributed by atoms with Gasteiger partial charge in [-0.25, -0.2) is 0 Å². The van der Waals surface area contributed by atoms with Gasteiger partial charge in [0.25, 0.3) is 0 Å². The van der Waals surface area contributed by atoms with E-state index in [9.17, 15) is 4.79 Å². The number of carboxylic acid groups (broad SMARTS) is 1. The number of carboxylic acids is 1.